The van der Waals surface area contributed by atoms with E-state index in [0.29, 0.717) is 5.41 Å². The third-order valence-electron chi connectivity index (χ3n) is 17.3. The Morgan fingerprint density at radius 2 is 1.15 bits per heavy atom. The van der Waals surface area contributed by atoms with Gasteiger partial charge in [0.05, 0.1) is 0 Å². The molecular formula is C58H53NS. The van der Waals surface area contributed by atoms with Crippen LogP contribution >= 0.6 is 11.8 Å². The summed E-state index contributed by atoms with van der Waals surface area (Å²) in [4.78, 5) is 5.49. The highest BCUT2D eigenvalue weighted by atomic mass is 32.2. The minimum Gasteiger partial charge on any atom is -0.310 e. The molecule has 4 fully saturated rings. The molecule has 4 saturated carbocycles. The van der Waals surface area contributed by atoms with E-state index in [9.17, 15) is 0 Å². The fourth-order valence-corrected chi connectivity index (χ4v) is 15.8. The van der Waals surface area contributed by atoms with Crippen LogP contribution < -0.4 is 4.90 Å². The molecule has 6 unspecified atom stereocenters. The van der Waals surface area contributed by atoms with Crippen molar-refractivity contribution >= 4 is 39.6 Å². The van der Waals surface area contributed by atoms with Gasteiger partial charge in [-0.25, -0.2) is 0 Å². The van der Waals surface area contributed by atoms with Crippen molar-refractivity contribution in [1.29, 1.82) is 0 Å². The van der Waals surface area contributed by atoms with Crippen LogP contribution in [0.5, 0.6) is 0 Å². The van der Waals surface area contributed by atoms with Gasteiger partial charge in [0.25, 0.3) is 0 Å². The monoisotopic (exact) mass is 795 g/mol. The molecule has 13 rings (SSSR count). The number of benzene rings is 7. The largest absolute Gasteiger partial charge is 0.310 e. The topological polar surface area (TPSA) is 3.24 Å². The number of anilines is 3. The molecule has 1 heterocycles. The van der Waals surface area contributed by atoms with Crippen LogP contribution in [0.2, 0.25) is 0 Å². The van der Waals surface area contributed by atoms with Crippen LogP contribution in [0, 0.1) is 29.1 Å². The predicted octanol–water partition coefficient (Wildman–Crippen LogP) is 15.8. The summed E-state index contributed by atoms with van der Waals surface area (Å²) in [5.74, 6) is 3.55. The summed E-state index contributed by atoms with van der Waals surface area (Å²) in [6.07, 6.45) is 8.28. The minimum absolute atomic E-state index is 0.120. The molecule has 7 aromatic rings. The van der Waals surface area contributed by atoms with Gasteiger partial charge in [0, 0.05) is 32.3 Å². The van der Waals surface area contributed by atoms with Crippen molar-refractivity contribution < 1.29 is 0 Å². The normalized spacial score (nSPS) is 27.9. The molecule has 0 radical (unpaired) electrons. The van der Waals surface area contributed by atoms with E-state index in [1.54, 1.807) is 11.1 Å². The third-order valence-corrected chi connectivity index (χ3v) is 18.5. The first-order valence-electron chi connectivity index (χ1n) is 22.7. The molecule has 2 bridgehead atoms. The third kappa shape index (κ3) is 4.67. The van der Waals surface area contributed by atoms with Crippen molar-refractivity contribution in [2.45, 2.75) is 92.3 Å². The lowest BCUT2D eigenvalue weighted by molar-refractivity contribution is -0.235. The standard InChI is InChI=1S/C58H53NS/c1-55(2)28-29-56(3,4)50-34-45(26-27-47(50)55)59(43-22-18-38(19-23-43)41-17-16-37-10-5-6-11-40(37)32-41)44-24-20-39(21-25-44)46-12-9-14-49-54(46)60-51-15-8-7-13-48(51)58(49)52-31-36-30-42-33-53(58)57(42,52)35-36/h5-27,32,34,36,42,52-53H,28-31,33,35H2,1-4H3. The van der Waals surface area contributed by atoms with E-state index in [2.05, 4.69) is 184 Å². The molecule has 296 valence electrons. The van der Waals surface area contributed by atoms with Gasteiger partial charge >= 0.3 is 0 Å². The average molecular weight is 796 g/mol. The lowest BCUT2D eigenvalue weighted by Gasteiger charge is -2.78. The molecule has 2 heteroatoms. The second kappa shape index (κ2) is 12.3. The van der Waals surface area contributed by atoms with Crippen LogP contribution in [0.1, 0.15) is 88.5 Å². The van der Waals surface area contributed by atoms with Gasteiger partial charge < -0.3 is 4.90 Å². The first-order chi connectivity index (χ1) is 29.1. The van der Waals surface area contributed by atoms with Gasteiger partial charge in [-0.15, -0.1) is 0 Å². The van der Waals surface area contributed by atoms with Gasteiger partial charge in [-0.2, -0.15) is 0 Å². The highest BCUT2D eigenvalue weighted by molar-refractivity contribution is 7.99. The van der Waals surface area contributed by atoms with Crippen LogP contribution in [0.25, 0.3) is 33.0 Å². The van der Waals surface area contributed by atoms with Gasteiger partial charge in [-0.3, -0.25) is 0 Å². The van der Waals surface area contributed by atoms with Crippen molar-refractivity contribution in [2.24, 2.45) is 29.1 Å². The summed E-state index contributed by atoms with van der Waals surface area (Å²) < 4.78 is 0. The zero-order valence-electron chi connectivity index (χ0n) is 35.3. The Labute approximate surface area is 360 Å². The second-order valence-corrected chi connectivity index (χ2v) is 21.9. The van der Waals surface area contributed by atoms with E-state index in [-0.39, 0.29) is 16.2 Å². The van der Waals surface area contributed by atoms with Gasteiger partial charge in [0.1, 0.15) is 0 Å². The van der Waals surface area contributed by atoms with Gasteiger partial charge in [-0.05, 0) is 182 Å². The quantitative estimate of drug-likeness (QED) is 0.171. The van der Waals surface area contributed by atoms with Crippen LogP contribution in [-0.4, -0.2) is 0 Å². The maximum atomic E-state index is 2.53. The molecule has 1 nitrogen and oxygen atoms in total. The summed E-state index contributed by atoms with van der Waals surface area (Å²) in [6, 6.07) is 58.4. The predicted molar refractivity (Wildman–Crippen MR) is 251 cm³/mol. The maximum Gasteiger partial charge on any atom is 0.0464 e. The van der Waals surface area contributed by atoms with Crippen LogP contribution in [-0.2, 0) is 16.2 Å². The summed E-state index contributed by atoms with van der Waals surface area (Å²) in [6.45, 7) is 9.72. The number of fused-ring (bicyclic) bond motifs is 9. The Balaban J connectivity index is 0.911. The van der Waals surface area contributed by atoms with Gasteiger partial charge in [0.15, 0.2) is 0 Å². The Kier molecular flexibility index (Phi) is 7.31. The van der Waals surface area contributed by atoms with Crippen molar-refractivity contribution in [1.82, 2.24) is 0 Å². The zero-order chi connectivity index (χ0) is 40.2. The minimum atomic E-state index is 0.120. The lowest BCUT2D eigenvalue weighted by Crippen LogP contribution is -2.74. The summed E-state index contributed by atoms with van der Waals surface area (Å²) in [5, 5.41) is 2.55. The number of nitrogens with zero attached hydrogens (tertiary/aromatic N) is 1. The van der Waals surface area contributed by atoms with Crippen molar-refractivity contribution in [3.8, 4) is 22.3 Å². The fraction of sp³-hybridized carbons (Fsp3) is 0.310. The molecule has 6 atom stereocenters. The molecule has 6 aliphatic rings. The highest BCUT2D eigenvalue weighted by Crippen LogP contribution is 2.89. The van der Waals surface area contributed by atoms with E-state index in [1.807, 2.05) is 11.8 Å². The lowest BCUT2D eigenvalue weighted by atomic mass is 9.26. The maximum absolute atomic E-state index is 2.53. The second-order valence-electron chi connectivity index (χ2n) is 20.8. The van der Waals surface area contributed by atoms with Crippen molar-refractivity contribution in [2.75, 3.05) is 4.90 Å². The molecule has 0 amide bonds. The number of hydrogen-bond donors (Lipinski definition) is 0. The van der Waals surface area contributed by atoms with E-state index in [4.69, 9.17) is 0 Å². The number of hydrogen-bond acceptors (Lipinski definition) is 2. The molecule has 0 N–H and O–H groups in total. The van der Waals surface area contributed by atoms with Crippen LogP contribution in [0.15, 0.2) is 161 Å². The summed E-state index contributed by atoms with van der Waals surface area (Å²) >= 11 is 2.03. The average Bonchev–Trinajstić information content (AvgIpc) is 3.81. The van der Waals surface area contributed by atoms with Crippen LogP contribution in [0.3, 0.4) is 0 Å². The Bertz CT molecular complexity index is 2900. The fourth-order valence-electron chi connectivity index (χ4n) is 14.5. The Hall–Kier alpha value is -5.05. The van der Waals surface area contributed by atoms with Crippen molar-refractivity contribution in [3.63, 3.8) is 0 Å². The molecule has 1 aliphatic heterocycles. The molecule has 5 aliphatic carbocycles. The molecule has 7 aromatic carbocycles. The van der Waals surface area contributed by atoms with E-state index >= 15 is 0 Å². The van der Waals surface area contributed by atoms with Crippen LogP contribution in [0.4, 0.5) is 17.1 Å². The first kappa shape index (κ1) is 35.7. The summed E-state index contributed by atoms with van der Waals surface area (Å²) in [5.41, 5.74) is 16.1. The molecule has 0 aromatic heterocycles. The smallest absolute Gasteiger partial charge is 0.0464 e. The van der Waals surface area contributed by atoms with Gasteiger partial charge in [0.2, 0.25) is 0 Å². The number of rotatable bonds is 5. The van der Waals surface area contributed by atoms with E-state index in [1.165, 1.54) is 110 Å². The zero-order valence-corrected chi connectivity index (χ0v) is 36.2. The SMILES string of the molecule is CC1(C)CCC(C)(C)c2cc(N(c3ccc(-c4ccc5ccccc5c4)cc3)c3ccc(-c4cccc5c4Sc4ccccc4C54C5CC6CC7CC4C75C6)cc3)ccc21. The molecule has 60 heavy (non-hydrogen) atoms. The Morgan fingerprint density at radius 1 is 0.500 bits per heavy atom. The van der Waals surface area contributed by atoms with Crippen molar-refractivity contribution in [3.05, 3.63) is 174 Å². The molecule has 0 saturated heterocycles. The summed E-state index contributed by atoms with van der Waals surface area (Å²) in [7, 11) is 0. The molecule has 2 spiro atoms. The highest BCUT2D eigenvalue weighted by Gasteiger charge is 2.84. The Morgan fingerprint density at radius 3 is 1.93 bits per heavy atom. The van der Waals surface area contributed by atoms with Gasteiger partial charge in [-0.1, -0.05) is 143 Å². The molecular weight excluding hydrogens is 743 g/mol. The first-order valence-corrected chi connectivity index (χ1v) is 23.5. The van der Waals surface area contributed by atoms with E-state index < -0.39 is 0 Å². The van der Waals surface area contributed by atoms with E-state index in [0.717, 1.165) is 23.7 Å².